The quantitative estimate of drug-likeness (QED) is 0.675. The highest BCUT2D eigenvalue weighted by Crippen LogP contribution is 2.33. The van der Waals surface area contributed by atoms with Gasteiger partial charge in [0.1, 0.15) is 0 Å². The Labute approximate surface area is 140 Å². The van der Waals surface area contributed by atoms with Crippen LogP contribution in [0.15, 0.2) is 40.9 Å². The number of hydrogen-bond donors (Lipinski definition) is 1. The minimum atomic E-state index is 0.710. The minimum Gasteiger partial charge on any atom is -0.493 e. The third-order valence-corrected chi connectivity index (χ3v) is 4.34. The predicted octanol–water partition coefficient (Wildman–Crippen LogP) is 4.68. The molecule has 3 nitrogen and oxygen atoms in total. The lowest BCUT2D eigenvalue weighted by Crippen LogP contribution is -2.01. The lowest BCUT2D eigenvalue weighted by Gasteiger charge is -2.13. The molecule has 2 aromatic carbocycles. The second kappa shape index (κ2) is 7.17. The van der Waals surface area contributed by atoms with Gasteiger partial charge in [-0.05, 0) is 64.6 Å². The van der Waals surface area contributed by atoms with Gasteiger partial charge in [0.25, 0.3) is 0 Å². The average molecular weight is 448 g/mol. The van der Waals surface area contributed by atoms with Crippen molar-refractivity contribution in [1.82, 2.24) is 0 Å². The molecule has 0 heterocycles. The molecule has 1 N–H and O–H groups in total. The van der Waals surface area contributed by atoms with Crippen molar-refractivity contribution in [2.45, 2.75) is 6.54 Å². The van der Waals surface area contributed by atoms with Crippen molar-refractivity contribution in [2.75, 3.05) is 19.5 Å². The van der Waals surface area contributed by atoms with Gasteiger partial charge < -0.3 is 14.8 Å². The topological polar surface area (TPSA) is 30.5 Å². The third kappa shape index (κ3) is 3.79. The Bertz CT molecular complexity index is 587. The van der Waals surface area contributed by atoms with E-state index in [1.807, 2.05) is 12.1 Å². The number of benzene rings is 2. The Kier molecular flexibility index (Phi) is 5.54. The molecule has 0 amide bonds. The summed E-state index contributed by atoms with van der Waals surface area (Å²) in [4.78, 5) is 0. The van der Waals surface area contributed by atoms with Crippen LogP contribution in [-0.2, 0) is 6.54 Å². The van der Waals surface area contributed by atoms with Crippen molar-refractivity contribution in [3.8, 4) is 11.5 Å². The van der Waals surface area contributed by atoms with Crippen LogP contribution in [-0.4, -0.2) is 14.2 Å². The molecule has 0 aliphatic rings. The number of anilines is 1. The van der Waals surface area contributed by atoms with Crippen LogP contribution in [0.25, 0.3) is 0 Å². The van der Waals surface area contributed by atoms with E-state index in [2.05, 4.69) is 68.1 Å². The molecular weight excluding hydrogens is 433 g/mol. The Morgan fingerprint density at radius 3 is 2.25 bits per heavy atom. The number of methoxy groups -OCH3 is 2. The lowest BCUT2D eigenvalue weighted by atomic mass is 10.2. The smallest absolute Gasteiger partial charge is 0.161 e. The van der Waals surface area contributed by atoms with Crippen LogP contribution in [0, 0.1) is 3.57 Å². The third-order valence-electron chi connectivity index (χ3n) is 2.88. The van der Waals surface area contributed by atoms with Crippen molar-refractivity contribution < 1.29 is 9.47 Å². The van der Waals surface area contributed by atoms with Crippen molar-refractivity contribution in [3.63, 3.8) is 0 Å². The van der Waals surface area contributed by atoms with E-state index in [-0.39, 0.29) is 0 Å². The second-order valence-electron chi connectivity index (χ2n) is 4.16. The number of hydrogen-bond acceptors (Lipinski definition) is 3. The molecule has 0 spiro atoms. The van der Waals surface area contributed by atoms with E-state index in [1.54, 1.807) is 14.2 Å². The highest BCUT2D eigenvalue weighted by atomic mass is 127. The Morgan fingerprint density at radius 1 is 1.05 bits per heavy atom. The van der Waals surface area contributed by atoms with Gasteiger partial charge in [-0.3, -0.25) is 0 Å². The zero-order chi connectivity index (χ0) is 14.5. The van der Waals surface area contributed by atoms with Crippen LogP contribution < -0.4 is 14.8 Å². The Morgan fingerprint density at radius 2 is 1.65 bits per heavy atom. The van der Waals surface area contributed by atoms with Gasteiger partial charge >= 0.3 is 0 Å². The van der Waals surface area contributed by atoms with E-state index in [4.69, 9.17) is 9.47 Å². The zero-order valence-corrected chi connectivity index (χ0v) is 15.0. The first-order chi connectivity index (χ1) is 9.63. The summed E-state index contributed by atoms with van der Waals surface area (Å²) in [6.45, 7) is 0.710. The fourth-order valence-corrected chi connectivity index (χ4v) is 2.62. The maximum absolute atomic E-state index is 5.33. The first-order valence-corrected chi connectivity index (χ1v) is 7.91. The van der Waals surface area contributed by atoms with Crippen LogP contribution in [0.1, 0.15) is 5.56 Å². The molecule has 0 saturated carbocycles. The van der Waals surface area contributed by atoms with Crippen LogP contribution in [0.3, 0.4) is 0 Å². The summed E-state index contributed by atoms with van der Waals surface area (Å²) < 4.78 is 12.8. The molecule has 0 saturated heterocycles. The predicted molar refractivity (Wildman–Crippen MR) is 93.7 cm³/mol. The van der Waals surface area contributed by atoms with Crippen molar-refractivity contribution in [2.24, 2.45) is 0 Å². The Balaban J connectivity index is 2.14. The summed E-state index contributed by atoms with van der Waals surface area (Å²) in [6, 6.07) is 12.2. The number of halogens is 2. The van der Waals surface area contributed by atoms with Crippen molar-refractivity contribution >= 4 is 44.2 Å². The SMILES string of the molecule is COc1cc(Br)c(CNc2ccc(I)cc2)cc1OC. The maximum Gasteiger partial charge on any atom is 0.161 e. The fourth-order valence-electron chi connectivity index (χ4n) is 1.80. The summed E-state index contributed by atoms with van der Waals surface area (Å²) in [5.41, 5.74) is 2.20. The molecule has 0 atom stereocenters. The largest absolute Gasteiger partial charge is 0.493 e. The van der Waals surface area contributed by atoms with Crippen LogP contribution in [0.5, 0.6) is 11.5 Å². The molecule has 0 aliphatic carbocycles. The molecule has 2 rings (SSSR count). The first-order valence-electron chi connectivity index (χ1n) is 6.04. The van der Waals surface area contributed by atoms with Crippen molar-refractivity contribution in [1.29, 1.82) is 0 Å². The van der Waals surface area contributed by atoms with Crippen LogP contribution in [0.4, 0.5) is 5.69 Å². The van der Waals surface area contributed by atoms with E-state index in [0.29, 0.717) is 6.54 Å². The lowest BCUT2D eigenvalue weighted by molar-refractivity contribution is 0.354. The van der Waals surface area contributed by atoms with Gasteiger partial charge in [-0.2, -0.15) is 0 Å². The van der Waals surface area contributed by atoms with E-state index >= 15 is 0 Å². The highest BCUT2D eigenvalue weighted by molar-refractivity contribution is 14.1. The summed E-state index contributed by atoms with van der Waals surface area (Å²) in [6.07, 6.45) is 0. The molecule has 20 heavy (non-hydrogen) atoms. The summed E-state index contributed by atoms with van der Waals surface area (Å²) in [7, 11) is 3.27. The first kappa shape index (κ1) is 15.4. The van der Waals surface area contributed by atoms with E-state index in [1.165, 1.54) is 3.57 Å². The minimum absolute atomic E-state index is 0.710. The molecule has 0 fully saturated rings. The molecule has 0 bridgehead atoms. The van der Waals surface area contributed by atoms with Gasteiger partial charge in [0, 0.05) is 20.3 Å². The molecule has 0 aromatic heterocycles. The molecule has 0 aliphatic heterocycles. The molecular formula is C15H15BrINO2. The monoisotopic (exact) mass is 447 g/mol. The summed E-state index contributed by atoms with van der Waals surface area (Å²) in [5.74, 6) is 1.45. The molecule has 2 aromatic rings. The standard InChI is InChI=1S/C15H15BrINO2/c1-19-14-7-10(13(16)8-15(14)20-2)9-18-12-5-3-11(17)4-6-12/h3-8,18H,9H2,1-2H3. The van der Waals surface area contributed by atoms with Gasteiger partial charge in [-0.1, -0.05) is 15.9 Å². The van der Waals surface area contributed by atoms with E-state index in [0.717, 1.165) is 27.2 Å². The maximum atomic E-state index is 5.33. The highest BCUT2D eigenvalue weighted by Gasteiger charge is 2.09. The van der Waals surface area contributed by atoms with Gasteiger partial charge in [0.05, 0.1) is 14.2 Å². The van der Waals surface area contributed by atoms with E-state index < -0.39 is 0 Å². The van der Waals surface area contributed by atoms with Gasteiger partial charge in [0.2, 0.25) is 0 Å². The number of nitrogens with one attached hydrogen (secondary N) is 1. The van der Waals surface area contributed by atoms with Gasteiger partial charge in [0.15, 0.2) is 11.5 Å². The van der Waals surface area contributed by atoms with Crippen LogP contribution >= 0.6 is 38.5 Å². The van der Waals surface area contributed by atoms with Crippen molar-refractivity contribution in [3.05, 3.63) is 50.0 Å². The molecule has 106 valence electrons. The van der Waals surface area contributed by atoms with Gasteiger partial charge in [-0.15, -0.1) is 0 Å². The average Bonchev–Trinajstić information content (AvgIpc) is 2.47. The molecule has 0 radical (unpaired) electrons. The Hall–Kier alpha value is -0.950. The van der Waals surface area contributed by atoms with Gasteiger partial charge in [-0.25, -0.2) is 0 Å². The number of ether oxygens (including phenoxy) is 2. The molecule has 0 unspecified atom stereocenters. The second-order valence-corrected chi connectivity index (χ2v) is 6.26. The molecule has 5 heteroatoms. The fraction of sp³-hybridized carbons (Fsp3) is 0.200. The normalized spacial score (nSPS) is 10.2. The number of rotatable bonds is 5. The van der Waals surface area contributed by atoms with Crippen LogP contribution in [0.2, 0.25) is 0 Å². The van der Waals surface area contributed by atoms with E-state index in [9.17, 15) is 0 Å². The summed E-state index contributed by atoms with van der Waals surface area (Å²) in [5, 5.41) is 3.39. The summed E-state index contributed by atoms with van der Waals surface area (Å²) >= 11 is 5.85. The zero-order valence-electron chi connectivity index (χ0n) is 11.2.